The maximum atomic E-state index is 12.8. The van der Waals surface area contributed by atoms with Gasteiger partial charge in [0.05, 0.1) is 12.3 Å². The molecule has 0 atom stereocenters. The highest BCUT2D eigenvalue weighted by atomic mass is 32.2. The summed E-state index contributed by atoms with van der Waals surface area (Å²) >= 11 is 1.37. The molecule has 0 fully saturated rings. The van der Waals surface area contributed by atoms with Gasteiger partial charge in [0, 0.05) is 30.2 Å². The van der Waals surface area contributed by atoms with E-state index in [4.69, 9.17) is 0 Å². The molecule has 0 bridgehead atoms. The number of nitrogens with one attached hydrogen (secondary N) is 1. The molecule has 1 aliphatic carbocycles. The highest BCUT2D eigenvalue weighted by Gasteiger charge is 2.21. The fourth-order valence-electron chi connectivity index (χ4n) is 3.88. The van der Waals surface area contributed by atoms with Gasteiger partial charge < -0.3 is 5.32 Å². The fraction of sp³-hybridized carbons (Fsp3) is 0.333. The number of carbonyl (C=O) groups excluding carboxylic acids is 1. The highest BCUT2D eigenvalue weighted by molar-refractivity contribution is 7.99. The number of benzene rings is 1. The standard InChI is InChI=1S/C24H26N4O2S/c29-22(26-15-12-18-6-2-1-3-7-18)17-31-23-20-8-4-5-9-21(20)28(24(30)27-23)16-19-10-13-25-14-11-19/h1-3,6-7,10-11,13-14H,4-5,8-9,12,15-17H2,(H,26,29). The number of fused-ring (bicyclic) bond motifs is 1. The molecule has 2 heterocycles. The number of rotatable bonds is 8. The molecule has 6 nitrogen and oxygen atoms in total. The van der Waals surface area contributed by atoms with Crippen molar-refractivity contribution in [3.63, 3.8) is 0 Å². The lowest BCUT2D eigenvalue weighted by molar-refractivity contribution is -0.118. The van der Waals surface area contributed by atoms with Crippen molar-refractivity contribution in [2.24, 2.45) is 0 Å². The van der Waals surface area contributed by atoms with Crippen LogP contribution in [0.25, 0.3) is 0 Å². The molecule has 2 aromatic heterocycles. The summed E-state index contributed by atoms with van der Waals surface area (Å²) in [5.74, 6) is 0.232. The molecule has 1 aromatic carbocycles. The lowest BCUT2D eigenvalue weighted by atomic mass is 9.97. The predicted molar refractivity (Wildman–Crippen MR) is 122 cm³/mol. The van der Waals surface area contributed by atoms with E-state index in [1.165, 1.54) is 17.3 Å². The van der Waals surface area contributed by atoms with Crippen molar-refractivity contribution in [3.8, 4) is 0 Å². The van der Waals surface area contributed by atoms with Gasteiger partial charge in [0.25, 0.3) is 0 Å². The Hall–Kier alpha value is -2.93. The number of nitrogens with zero attached hydrogens (tertiary/aromatic N) is 3. The first-order valence-corrected chi connectivity index (χ1v) is 11.6. The van der Waals surface area contributed by atoms with Crippen LogP contribution in [0.5, 0.6) is 0 Å². The Kier molecular flexibility index (Phi) is 7.14. The SMILES string of the molecule is O=C(CSc1nc(=O)n(Cc2ccncc2)c2c1CCCC2)NCCc1ccccc1. The van der Waals surface area contributed by atoms with Gasteiger partial charge in [-0.2, -0.15) is 4.98 Å². The third-order valence-electron chi connectivity index (χ3n) is 5.46. The van der Waals surface area contributed by atoms with E-state index in [-0.39, 0.29) is 17.3 Å². The summed E-state index contributed by atoms with van der Waals surface area (Å²) in [6.07, 6.45) is 8.19. The Morgan fingerprint density at radius 2 is 1.81 bits per heavy atom. The predicted octanol–water partition coefficient (Wildman–Crippen LogP) is 3.02. The first-order chi connectivity index (χ1) is 15.2. The van der Waals surface area contributed by atoms with Crippen molar-refractivity contribution in [2.45, 2.75) is 43.7 Å². The summed E-state index contributed by atoms with van der Waals surface area (Å²) in [5, 5.41) is 3.68. The van der Waals surface area contributed by atoms with E-state index in [0.717, 1.165) is 48.9 Å². The molecule has 0 radical (unpaired) electrons. The van der Waals surface area contributed by atoms with E-state index < -0.39 is 0 Å². The number of hydrogen-bond donors (Lipinski definition) is 1. The lowest BCUT2D eigenvalue weighted by Crippen LogP contribution is -2.31. The van der Waals surface area contributed by atoms with Gasteiger partial charge in [-0.05, 0) is 55.4 Å². The van der Waals surface area contributed by atoms with E-state index in [0.29, 0.717) is 18.1 Å². The number of aromatic nitrogens is 3. The Balaban J connectivity index is 1.42. The van der Waals surface area contributed by atoms with Crippen LogP contribution >= 0.6 is 11.8 Å². The molecule has 0 unspecified atom stereocenters. The molecule has 1 amide bonds. The highest BCUT2D eigenvalue weighted by Crippen LogP contribution is 2.28. The fourth-order valence-corrected chi connectivity index (χ4v) is 4.78. The third kappa shape index (κ3) is 5.61. The average molecular weight is 435 g/mol. The van der Waals surface area contributed by atoms with Crippen molar-refractivity contribution in [1.29, 1.82) is 0 Å². The topological polar surface area (TPSA) is 76.9 Å². The summed E-state index contributed by atoms with van der Waals surface area (Å²) in [5.41, 5.74) is 4.18. The number of carbonyl (C=O) groups is 1. The van der Waals surface area contributed by atoms with Crippen LogP contribution in [0, 0.1) is 0 Å². The Labute approximate surface area is 186 Å². The normalized spacial score (nSPS) is 12.9. The van der Waals surface area contributed by atoms with Gasteiger partial charge in [-0.25, -0.2) is 4.79 Å². The summed E-state index contributed by atoms with van der Waals surface area (Å²) in [6.45, 7) is 1.10. The Bertz CT molecular complexity index is 1080. The smallest absolute Gasteiger partial charge is 0.349 e. The molecule has 1 N–H and O–H groups in total. The van der Waals surface area contributed by atoms with E-state index in [1.807, 2.05) is 30.3 Å². The maximum absolute atomic E-state index is 12.8. The minimum Gasteiger partial charge on any atom is -0.355 e. The second-order valence-corrected chi connectivity index (χ2v) is 8.61. The maximum Gasteiger partial charge on any atom is 0.349 e. The molecule has 4 rings (SSSR count). The summed E-state index contributed by atoms with van der Waals surface area (Å²) in [7, 11) is 0. The minimum absolute atomic E-state index is 0.0340. The second-order valence-electron chi connectivity index (χ2n) is 7.65. The first kappa shape index (κ1) is 21.3. The quantitative estimate of drug-likeness (QED) is 0.436. The molecule has 1 aliphatic rings. The summed E-state index contributed by atoms with van der Waals surface area (Å²) in [4.78, 5) is 33.5. The van der Waals surface area contributed by atoms with Gasteiger partial charge in [0.1, 0.15) is 5.03 Å². The van der Waals surface area contributed by atoms with Gasteiger partial charge >= 0.3 is 5.69 Å². The Morgan fingerprint density at radius 3 is 2.61 bits per heavy atom. The summed E-state index contributed by atoms with van der Waals surface area (Å²) < 4.78 is 1.79. The second kappa shape index (κ2) is 10.4. The Morgan fingerprint density at radius 1 is 1.03 bits per heavy atom. The molecule has 0 saturated heterocycles. The molecule has 0 saturated carbocycles. The van der Waals surface area contributed by atoms with Crippen LogP contribution in [-0.4, -0.2) is 32.7 Å². The molecule has 31 heavy (non-hydrogen) atoms. The van der Waals surface area contributed by atoms with E-state index >= 15 is 0 Å². The molecule has 7 heteroatoms. The van der Waals surface area contributed by atoms with Crippen LogP contribution in [0.1, 0.15) is 35.2 Å². The van der Waals surface area contributed by atoms with Gasteiger partial charge in [-0.3, -0.25) is 14.3 Å². The van der Waals surface area contributed by atoms with Crippen molar-refractivity contribution >= 4 is 17.7 Å². The van der Waals surface area contributed by atoms with E-state index in [9.17, 15) is 9.59 Å². The van der Waals surface area contributed by atoms with E-state index in [2.05, 4.69) is 27.4 Å². The van der Waals surface area contributed by atoms with Gasteiger partial charge in [-0.15, -0.1) is 0 Å². The zero-order chi connectivity index (χ0) is 21.5. The lowest BCUT2D eigenvalue weighted by Gasteiger charge is -2.22. The van der Waals surface area contributed by atoms with Crippen LogP contribution in [0.15, 0.2) is 64.7 Å². The molecular weight excluding hydrogens is 408 g/mol. The van der Waals surface area contributed by atoms with Crippen LogP contribution in [-0.2, 0) is 30.6 Å². The van der Waals surface area contributed by atoms with Crippen LogP contribution in [0.3, 0.4) is 0 Å². The van der Waals surface area contributed by atoms with Crippen molar-refractivity contribution < 1.29 is 4.79 Å². The number of hydrogen-bond acceptors (Lipinski definition) is 5. The molecule has 0 spiro atoms. The van der Waals surface area contributed by atoms with Gasteiger partial charge in [0.15, 0.2) is 0 Å². The number of thioether (sulfide) groups is 1. The van der Waals surface area contributed by atoms with Crippen molar-refractivity contribution in [3.05, 3.63) is 87.7 Å². The van der Waals surface area contributed by atoms with E-state index in [1.54, 1.807) is 17.0 Å². The molecule has 0 aliphatic heterocycles. The largest absolute Gasteiger partial charge is 0.355 e. The van der Waals surface area contributed by atoms with Crippen molar-refractivity contribution in [1.82, 2.24) is 19.9 Å². The molecule has 160 valence electrons. The summed E-state index contributed by atoms with van der Waals surface area (Å²) in [6, 6.07) is 13.9. The average Bonchev–Trinajstić information content (AvgIpc) is 2.81. The zero-order valence-corrected chi connectivity index (χ0v) is 18.2. The number of amides is 1. The van der Waals surface area contributed by atoms with Crippen LogP contribution in [0.4, 0.5) is 0 Å². The molecule has 3 aromatic rings. The third-order valence-corrected chi connectivity index (χ3v) is 6.48. The van der Waals surface area contributed by atoms with Crippen molar-refractivity contribution in [2.75, 3.05) is 12.3 Å². The molecular formula is C24H26N4O2S. The van der Waals surface area contributed by atoms with Crippen LogP contribution in [0.2, 0.25) is 0 Å². The monoisotopic (exact) mass is 434 g/mol. The first-order valence-electron chi connectivity index (χ1n) is 10.7. The van der Waals surface area contributed by atoms with Gasteiger partial charge in [-0.1, -0.05) is 42.1 Å². The number of pyridine rings is 1. The minimum atomic E-state index is -0.246. The zero-order valence-electron chi connectivity index (χ0n) is 17.4. The van der Waals surface area contributed by atoms with Gasteiger partial charge in [0.2, 0.25) is 5.91 Å². The van der Waals surface area contributed by atoms with Crippen LogP contribution < -0.4 is 11.0 Å².